The molecule has 0 heterocycles. The van der Waals surface area contributed by atoms with E-state index in [4.69, 9.17) is 0 Å². The quantitative estimate of drug-likeness (QED) is 0.150. The Kier molecular flexibility index (Phi) is 9.42. The molecule has 9 aromatic carbocycles. The third kappa shape index (κ3) is 6.60. The van der Waals surface area contributed by atoms with Crippen LogP contribution in [0.3, 0.4) is 0 Å². The van der Waals surface area contributed by atoms with Gasteiger partial charge in [-0.2, -0.15) is 0 Å². The second-order valence-electron chi connectivity index (χ2n) is 15.4. The van der Waals surface area contributed by atoms with E-state index in [1.807, 2.05) is 0 Å². The van der Waals surface area contributed by atoms with Crippen molar-refractivity contribution in [3.05, 3.63) is 212 Å². The van der Waals surface area contributed by atoms with E-state index >= 15 is 0 Å². The van der Waals surface area contributed by atoms with Crippen LogP contribution in [-0.4, -0.2) is 0 Å². The number of para-hydroxylation sites is 2. The predicted molar refractivity (Wildman–Crippen MR) is 244 cm³/mol. The molecule has 0 spiro atoms. The summed E-state index contributed by atoms with van der Waals surface area (Å²) in [5.74, 6) is 0.586. The molecule has 0 N–H and O–H groups in total. The minimum absolute atomic E-state index is 0.586. The number of benzene rings is 9. The van der Waals surface area contributed by atoms with Gasteiger partial charge in [0.15, 0.2) is 0 Å². The minimum Gasteiger partial charge on any atom is -0.309 e. The summed E-state index contributed by atoms with van der Waals surface area (Å²) in [4.78, 5) is 2.51. The molecule has 274 valence electrons. The van der Waals surface area contributed by atoms with Crippen LogP contribution in [-0.2, 0) is 0 Å². The number of rotatable bonds is 8. The molecule has 1 nitrogen and oxygen atoms in total. The summed E-state index contributed by atoms with van der Waals surface area (Å²) in [7, 11) is 0. The lowest BCUT2D eigenvalue weighted by Crippen LogP contribution is -2.13. The van der Waals surface area contributed by atoms with E-state index in [1.54, 1.807) is 0 Å². The molecule has 0 aliphatic heterocycles. The topological polar surface area (TPSA) is 3.24 Å². The molecule has 1 saturated carbocycles. The highest BCUT2D eigenvalue weighted by atomic mass is 15.1. The highest BCUT2D eigenvalue weighted by Crippen LogP contribution is 2.49. The lowest BCUT2D eigenvalue weighted by molar-refractivity contribution is 0.445. The highest BCUT2D eigenvalue weighted by molar-refractivity contribution is 6.10. The van der Waals surface area contributed by atoms with Crippen LogP contribution in [0.2, 0.25) is 0 Å². The largest absolute Gasteiger partial charge is 0.309 e. The number of nitrogens with zero attached hydrogens (tertiary/aromatic N) is 1. The fourth-order valence-corrected chi connectivity index (χ4v) is 9.41. The first-order valence-corrected chi connectivity index (χ1v) is 20.5. The van der Waals surface area contributed by atoms with Gasteiger partial charge in [0, 0.05) is 16.8 Å². The number of fused-ring (bicyclic) bond motifs is 2. The van der Waals surface area contributed by atoms with Crippen molar-refractivity contribution in [1.82, 2.24) is 0 Å². The number of anilines is 3. The van der Waals surface area contributed by atoms with Crippen LogP contribution in [0.1, 0.15) is 43.6 Å². The summed E-state index contributed by atoms with van der Waals surface area (Å²) >= 11 is 0. The molecule has 1 aliphatic rings. The van der Waals surface area contributed by atoms with Crippen molar-refractivity contribution in [2.24, 2.45) is 0 Å². The van der Waals surface area contributed by atoms with Gasteiger partial charge in [0.05, 0.1) is 11.4 Å². The van der Waals surface area contributed by atoms with Crippen LogP contribution in [0.5, 0.6) is 0 Å². The Morgan fingerprint density at radius 3 is 1.39 bits per heavy atom. The van der Waals surface area contributed by atoms with Gasteiger partial charge >= 0.3 is 0 Å². The Hall–Kier alpha value is -6.70. The lowest BCUT2D eigenvalue weighted by Gasteiger charge is -2.31. The average molecular weight is 732 g/mol. The Morgan fingerprint density at radius 1 is 0.316 bits per heavy atom. The van der Waals surface area contributed by atoms with Crippen molar-refractivity contribution in [1.29, 1.82) is 0 Å². The third-order valence-corrected chi connectivity index (χ3v) is 12.1. The van der Waals surface area contributed by atoms with E-state index in [1.165, 1.54) is 104 Å². The maximum absolute atomic E-state index is 2.51. The SMILES string of the molecule is c1ccc(-c2ccc(N(c3ccccc3-c3cccc4cccc(-c5ccccc5)c34)c3ccccc3-c3cccc4cccc(C5CCCCC5)c34)cc2)cc1. The molecular weight excluding hydrogens is 687 g/mol. The standard InChI is InChI=1S/C56H45N/c1-4-18-40(19-5-1)41-36-38-46(39-37-41)57(53-34-12-10-28-49(53)51-32-16-26-44-24-14-30-47(55(44)51)42-20-6-2-7-21-42)54-35-13-11-29-50(54)52-33-17-27-45-25-15-31-48(56(45)52)43-22-8-3-9-23-43/h1-2,4-7,10-21,24-39,43H,3,8-9,22-23H2. The van der Waals surface area contributed by atoms with E-state index in [9.17, 15) is 0 Å². The zero-order valence-corrected chi connectivity index (χ0v) is 32.2. The maximum Gasteiger partial charge on any atom is 0.0540 e. The first kappa shape index (κ1) is 34.8. The van der Waals surface area contributed by atoms with E-state index in [0.717, 1.165) is 17.1 Å². The van der Waals surface area contributed by atoms with E-state index in [2.05, 4.69) is 211 Å². The van der Waals surface area contributed by atoms with Crippen LogP contribution in [0, 0.1) is 0 Å². The molecule has 1 heteroatoms. The zero-order valence-electron chi connectivity index (χ0n) is 32.2. The predicted octanol–water partition coefficient (Wildman–Crippen LogP) is 16.2. The Bertz CT molecular complexity index is 2800. The van der Waals surface area contributed by atoms with Gasteiger partial charge in [0.2, 0.25) is 0 Å². The molecule has 0 radical (unpaired) electrons. The van der Waals surface area contributed by atoms with Gasteiger partial charge in [-0.05, 0) is 104 Å². The van der Waals surface area contributed by atoms with Gasteiger partial charge in [-0.1, -0.05) is 201 Å². The summed E-state index contributed by atoms with van der Waals surface area (Å²) < 4.78 is 0. The molecule has 0 amide bonds. The third-order valence-electron chi connectivity index (χ3n) is 12.1. The Morgan fingerprint density at radius 2 is 0.772 bits per heavy atom. The molecule has 9 aromatic rings. The van der Waals surface area contributed by atoms with Crippen LogP contribution >= 0.6 is 0 Å². The van der Waals surface area contributed by atoms with Crippen molar-refractivity contribution in [3.8, 4) is 44.5 Å². The molecule has 0 bridgehead atoms. The molecule has 0 saturated heterocycles. The molecular formula is C56H45N. The summed E-state index contributed by atoms with van der Waals surface area (Å²) in [6, 6.07) is 76.0. The molecule has 57 heavy (non-hydrogen) atoms. The van der Waals surface area contributed by atoms with Gasteiger partial charge in [0.25, 0.3) is 0 Å². The average Bonchev–Trinajstić information content (AvgIpc) is 3.30. The number of hydrogen-bond donors (Lipinski definition) is 0. The Labute approximate surface area is 336 Å². The van der Waals surface area contributed by atoms with Crippen molar-refractivity contribution < 1.29 is 0 Å². The molecule has 0 unspecified atom stereocenters. The van der Waals surface area contributed by atoms with Gasteiger partial charge in [-0.25, -0.2) is 0 Å². The maximum atomic E-state index is 2.51. The molecule has 0 aromatic heterocycles. The van der Waals surface area contributed by atoms with Crippen LogP contribution in [0.15, 0.2) is 206 Å². The molecule has 10 rings (SSSR count). The van der Waals surface area contributed by atoms with Crippen molar-refractivity contribution >= 4 is 38.6 Å². The molecule has 1 fully saturated rings. The smallest absolute Gasteiger partial charge is 0.0540 e. The monoisotopic (exact) mass is 731 g/mol. The lowest BCUT2D eigenvalue weighted by atomic mass is 9.80. The number of hydrogen-bond acceptors (Lipinski definition) is 1. The van der Waals surface area contributed by atoms with Crippen LogP contribution < -0.4 is 4.90 Å². The van der Waals surface area contributed by atoms with Gasteiger partial charge < -0.3 is 4.90 Å². The molecule has 1 aliphatic carbocycles. The van der Waals surface area contributed by atoms with Gasteiger partial charge in [-0.3, -0.25) is 0 Å². The molecule has 0 atom stereocenters. The fraction of sp³-hybridized carbons (Fsp3) is 0.107. The van der Waals surface area contributed by atoms with Crippen LogP contribution in [0.25, 0.3) is 66.1 Å². The minimum atomic E-state index is 0.586. The summed E-state index contributed by atoms with van der Waals surface area (Å²) in [6.07, 6.45) is 6.49. The second-order valence-corrected chi connectivity index (χ2v) is 15.4. The van der Waals surface area contributed by atoms with E-state index in [0.29, 0.717) is 5.92 Å². The van der Waals surface area contributed by atoms with Gasteiger partial charge in [0.1, 0.15) is 0 Å². The van der Waals surface area contributed by atoms with Crippen molar-refractivity contribution in [2.45, 2.75) is 38.0 Å². The highest BCUT2D eigenvalue weighted by Gasteiger charge is 2.24. The fourth-order valence-electron chi connectivity index (χ4n) is 9.41. The first-order valence-electron chi connectivity index (χ1n) is 20.5. The summed E-state index contributed by atoms with van der Waals surface area (Å²) in [5.41, 5.74) is 14.7. The summed E-state index contributed by atoms with van der Waals surface area (Å²) in [5, 5.41) is 5.20. The van der Waals surface area contributed by atoms with Gasteiger partial charge in [-0.15, -0.1) is 0 Å². The first-order chi connectivity index (χ1) is 28.3. The van der Waals surface area contributed by atoms with E-state index < -0.39 is 0 Å². The van der Waals surface area contributed by atoms with E-state index in [-0.39, 0.29) is 0 Å². The second kappa shape index (κ2) is 15.4. The summed E-state index contributed by atoms with van der Waals surface area (Å²) in [6.45, 7) is 0. The Balaban J connectivity index is 1.22. The van der Waals surface area contributed by atoms with Crippen molar-refractivity contribution in [2.75, 3.05) is 4.90 Å². The van der Waals surface area contributed by atoms with Crippen LogP contribution in [0.4, 0.5) is 17.1 Å². The van der Waals surface area contributed by atoms with Crippen molar-refractivity contribution in [3.63, 3.8) is 0 Å². The zero-order chi connectivity index (χ0) is 38.0. The normalized spacial score (nSPS) is 13.2.